The van der Waals surface area contributed by atoms with Crippen LogP contribution in [0.3, 0.4) is 0 Å². The zero-order chi connectivity index (χ0) is 14.5. The Balaban J connectivity index is 1.79. The van der Waals surface area contributed by atoms with Crippen LogP contribution in [-0.2, 0) is 6.54 Å². The van der Waals surface area contributed by atoms with Gasteiger partial charge in [-0.25, -0.2) is 0 Å². The standard InChI is InChI=1S/C16H23F2NO/c1-11-3-6-14(9-12(11)2)19-10-13-4-7-15(8-5-13)20-16(17)18/h4-5,7-8,11-12,14,16,19H,3,6,9-10H2,1-2H3. The van der Waals surface area contributed by atoms with Crippen molar-refractivity contribution < 1.29 is 13.5 Å². The third-order valence-electron chi connectivity index (χ3n) is 4.34. The minimum absolute atomic E-state index is 0.212. The highest BCUT2D eigenvalue weighted by atomic mass is 19.3. The molecule has 3 atom stereocenters. The summed E-state index contributed by atoms with van der Waals surface area (Å²) in [4.78, 5) is 0. The van der Waals surface area contributed by atoms with Gasteiger partial charge in [0.1, 0.15) is 5.75 Å². The molecule has 0 saturated heterocycles. The van der Waals surface area contributed by atoms with Crippen LogP contribution in [0.4, 0.5) is 8.78 Å². The smallest absolute Gasteiger partial charge is 0.387 e. The molecule has 0 bridgehead atoms. The summed E-state index contributed by atoms with van der Waals surface area (Å²) in [6.45, 7) is 2.66. The molecule has 1 aromatic carbocycles. The maximum Gasteiger partial charge on any atom is 0.387 e. The van der Waals surface area contributed by atoms with Crippen LogP contribution < -0.4 is 10.1 Å². The predicted octanol–water partition coefficient (Wildman–Crippen LogP) is 4.20. The highest BCUT2D eigenvalue weighted by Crippen LogP contribution is 2.29. The first-order chi connectivity index (χ1) is 9.54. The third-order valence-corrected chi connectivity index (χ3v) is 4.34. The molecule has 2 rings (SSSR count). The molecule has 3 unspecified atom stereocenters. The van der Waals surface area contributed by atoms with E-state index in [0.717, 1.165) is 23.9 Å². The topological polar surface area (TPSA) is 21.3 Å². The fourth-order valence-corrected chi connectivity index (χ4v) is 2.78. The number of hydrogen-bond acceptors (Lipinski definition) is 2. The lowest BCUT2D eigenvalue weighted by molar-refractivity contribution is -0.0498. The Morgan fingerprint density at radius 2 is 1.85 bits per heavy atom. The molecule has 0 aromatic heterocycles. The lowest BCUT2D eigenvalue weighted by Crippen LogP contribution is -2.35. The first kappa shape index (κ1) is 15.2. The molecule has 0 spiro atoms. The van der Waals surface area contributed by atoms with Gasteiger partial charge in [-0.3, -0.25) is 0 Å². The Kier molecular flexibility index (Phi) is 5.35. The number of benzene rings is 1. The Bertz CT molecular complexity index is 407. The summed E-state index contributed by atoms with van der Waals surface area (Å²) >= 11 is 0. The van der Waals surface area contributed by atoms with Crippen molar-refractivity contribution in [1.82, 2.24) is 5.32 Å². The molecule has 0 amide bonds. The summed E-state index contributed by atoms with van der Waals surface area (Å²) in [5.41, 5.74) is 1.10. The molecule has 1 N–H and O–H groups in total. The first-order valence-electron chi connectivity index (χ1n) is 7.31. The maximum absolute atomic E-state index is 12.0. The van der Waals surface area contributed by atoms with Gasteiger partial charge in [0.05, 0.1) is 0 Å². The van der Waals surface area contributed by atoms with Crippen LogP contribution in [0.1, 0.15) is 38.7 Å². The zero-order valence-electron chi connectivity index (χ0n) is 12.1. The van der Waals surface area contributed by atoms with Crippen molar-refractivity contribution in [2.75, 3.05) is 0 Å². The molecule has 0 heterocycles. The number of hydrogen-bond donors (Lipinski definition) is 1. The fourth-order valence-electron chi connectivity index (χ4n) is 2.78. The van der Waals surface area contributed by atoms with Crippen molar-refractivity contribution in [2.45, 2.75) is 52.3 Å². The van der Waals surface area contributed by atoms with E-state index in [4.69, 9.17) is 0 Å². The Morgan fingerprint density at radius 3 is 2.45 bits per heavy atom. The van der Waals surface area contributed by atoms with E-state index in [9.17, 15) is 8.78 Å². The van der Waals surface area contributed by atoms with Gasteiger partial charge in [-0.15, -0.1) is 0 Å². The molecule has 4 heteroatoms. The Morgan fingerprint density at radius 1 is 1.15 bits per heavy atom. The van der Waals surface area contributed by atoms with Gasteiger partial charge in [0.25, 0.3) is 0 Å². The van der Waals surface area contributed by atoms with Crippen LogP contribution in [0.15, 0.2) is 24.3 Å². The number of nitrogens with one attached hydrogen (secondary N) is 1. The van der Waals surface area contributed by atoms with Gasteiger partial charge in [0.2, 0.25) is 0 Å². The molecule has 112 valence electrons. The highest BCUT2D eigenvalue weighted by Gasteiger charge is 2.23. The second kappa shape index (κ2) is 7.02. The van der Waals surface area contributed by atoms with E-state index in [1.807, 2.05) is 12.1 Å². The van der Waals surface area contributed by atoms with Crippen molar-refractivity contribution in [2.24, 2.45) is 11.8 Å². The van der Waals surface area contributed by atoms with Crippen LogP contribution in [0.2, 0.25) is 0 Å². The van der Waals surface area contributed by atoms with E-state index < -0.39 is 6.61 Å². The minimum Gasteiger partial charge on any atom is -0.435 e. The Hall–Kier alpha value is -1.16. The van der Waals surface area contributed by atoms with E-state index in [1.54, 1.807) is 12.1 Å². The quantitative estimate of drug-likeness (QED) is 0.874. The van der Waals surface area contributed by atoms with E-state index in [2.05, 4.69) is 23.9 Å². The monoisotopic (exact) mass is 283 g/mol. The number of ether oxygens (including phenoxy) is 1. The van der Waals surface area contributed by atoms with Gasteiger partial charge in [-0.2, -0.15) is 8.78 Å². The average molecular weight is 283 g/mol. The molecule has 1 aliphatic rings. The first-order valence-corrected chi connectivity index (χ1v) is 7.31. The van der Waals surface area contributed by atoms with E-state index >= 15 is 0 Å². The summed E-state index contributed by atoms with van der Waals surface area (Å²) in [5.74, 6) is 1.80. The van der Waals surface area contributed by atoms with Crippen molar-refractivity contribution in [3.8, 4) is 5.75 Å². The number of halogens is 2. The molecule has 20 heavy (non-hydrogen) atoms. The minimum atomic E-state index is -2.76. The van der Waals surface area contributed by atoms with Crippen LogP contribution in [0.25, 0.3) is 0 Å². The van der Waals surface area contributed by atoms with Gasteiger partial charge < -0.3 is 10.1 Å². The lowest BCUT2D eigenvalue weighted by Gasteiger charge is -2.32. The molecule has 0 aliphatic heterocycles. The summed E-state index contributed by atoms with van der Waals surface area (Å²) < 4.78 is 28.4. The van der Waals surface area contributed by atoms with Gasteiger partial charge >= 0.3 is 6.61 Å². The van der Waals surface area contributed by atoms with E-state index in [1.165, 1.54) is 19.3 Å². The summed E-state index contributed by atoms with van der Waals surface area (Å²) in [6.07, 6.45) is 3.71. The van der Waals surface area contributed by atoms with Crippen molar-refractivity contribution in [3.63, 3.8) is 0 Å². The van der Waals surface area contributed by atoms with Crippen LogP contribution in [0.5, 0.6) is 5.75 Å². The maximum atomic E-state index is 12.0. The molecule has 1 fully saturated rings. The predicted molar refractivity (Wildman–Crippen MR) is 75.9 cm³/mol. The second-order valence-corrected chi connectivity index (χ2v) is 5.87. The molecule has 0 radical (unpaired) electrons. The van der Waals surface area contributed by atoms with Crippen molar-refractivity contribution >= 4 is 0 Å². The van der Waals surface area contributed by atoms with Gasteiger partial charge in [0, 0.05) is 12.6 Å². The van der Waals surface area contributed by atoms with E-state index in [-0.39, 0.29) is 5.75 Å². The molecule has 1 saturated carbocycles. The SMILES string of the molecule is CC1CCC(NCc2ccc(OC(F)F)cc2)CC1C. The second-order valence-electron chi connectivity index (χ2n) is 5.87. The summed E-state index contributed by atoms with van der Waals surface area (Å²) in [7, 11) is 0. The van der Waals surface area contributed by atoms with Crippen LogP contribution in [-0.4, -0.2) is 12.7 Å². The number of alkyl halides is 2. The largest absolute Gasteiger partial charge is 0.435 e. The van der Waals surface area contributed by atoms with Crippen molar-refractivity contribution in [3.05, 3.63) is 29.8 Å². The number of rotatable bonds is 5. The lowest BCUT2D eigenvalue weighted by atomic mass is 9.79. The van der Waals surface area contributed by atoms with Crippen LogP contribution >= 0.6 is 0 Å². The summed E-state index contributed by atoms with van der Waals surface area (Å²) in [6, 6.07) is 7.42. The summed E-state index contributed by atoms with van der Waals surface area (Å²) in [5, 5.41) is 3.56. The Labute approximate surface area is 119 Å². The zero-order valence-corrected chi connectivity index (χ0v) is 12.1. The van der Waals surface area contributed by atoms with Crippen LogP contribution in [0, 0.1) is 11.8 Å². The fraction of sp³-hybridized carbons (Fsp3) is 0.625. The van der Waals surface area contributed by atoms with Gasteiger partial charge in [-0.1, -0.05) is 26.0 Å². The molecule has 1 aromatic rings. The van der Waals surface area contributed by atoms with E-state index in [0.29, 0.717) is 6.04 Å². The molecular weight excluding hydrogens is 260 g/mol. The van der Waals surface area contributed by atoms with Gasteiger partial charge in [-0.05, 0) is 48.8 Å². The normalized spacial score (nSPS) is 26.8. The molecule has 1 aliphatic carbocycles. The van der Waals surface area contributed by atoms with Crippen molar-refractivity contribution in [1.29, 1.82) is 0 Å². The third kappa shape index (κ3) is 4.44. The molecule has 2 nitrogen and oxygen atoms in total. The highest BCUT2D eigenvalue weighted by molar-refractivity contribution is 5.27. The van der Waals surface area contributed by atoms with Gasteiger partial charge in [0.15, 0.2) is 0 Å². The average Bonchev–Trinajstić information content (AvgIpc) is 2.41. The molecular formula is C16H23F2NO.